The average molecular weight is 939 g/mol. The van der Waals surface area contributed by atoms with Crippen LogP contribution in [0.2, 0.25) is 0 Å². The largest absolute Gasteiger partial charge is 0.353 e. The Balaban J connectivity index is 1.16. The molecule has 0 saturated heterocycles. The van der Waals surface area contributed by atoms with Gasteiger partial charge in [-0.2, -0.15) is 0 Å². The molecule has 350 valence electrons. The molecule has 0 aromatic heterocycles. The van der Waals surface area contributed by atoms with Crippen LogP contribution in [0.5, 0.6) is 0 Å². The SMILES string of the molecule is Cc1cccc(Nc2ccc(N(c3ccccc3)c3ccccc3)c(Nc3cccc(C)c3-c3cccc4ccccc34)c2Nc2cccc(C)c2-c2cccc3ccccc23)c1-c1cccc2ccccc12. The second-order valence-electron chi connectivity index (χ2n) is 18.8. The maximum absolute atomic E-state index is 4.22. The molecule has 0 fully saturated rings. The van der Waals surface area contributed by atoms with E-state index in [2.05, 4.69) is 296 Å². The minimum Gasteiger partial charge on any atom is -0.353 e. The summed E-state index contributed by atoms with van der Waals surface area (Å²) >= 11 is 0. The molecule has 0 spiro atoms. The van der Waals surface area contributed by atoms with Gasteiger partial charge in [0.15, 0.2) is 0 Å². The number of para-hydroxylation sites is 2. The summed E-state index contributed by atoms with van der Waals surface area (Å²) in [6, 6.07) is 91.6. The summed E-state index contributed by atoms with van der Waals surface area (Å²) in [5.74, 6) is 0. The molecule has 0 aliphatic heterocycles. The summed E-state index contributed by atoms with van der Waals surface area (Å²) in [5, 5.41) is 19.7. The third kappa shape index (κ3) is 8.49. The third-order valence-electron chi connectivity index (χ3n) is 14.2. The van der Waals surface area contributed by atoms with Gasteiger partial charge in [0.2, 0.25) is 0 Å². The van der Waals surface area contributed by atoms with Crippen LogP contribution >= 0.6 is 0 Å². The molecular formula is C69H54N4. The predicted molar refractivity (Wildman–Crippen MR) is 313 cm³/mol. The van der Waals surface area contributed by atoms with Crippen molar-refractivity contribution >= 4 is 83.5 Å². The third-order valence-corrected chi connectivity index (χ3v) is 14.2. The van der Waals surface area contributed by atoms with Crippen molar-refractivity contribution in [3.05, 3.63) is 271 Å². The Hall–Kier alpha value is -9.38. The average Bonchev–Trinajstić information content (AvgIpc) is 3.43. The number of rotatable bonds is 12. The normalized spacial score (nSPS) is 11.2. The minimum absolute atomic E-state index is 0.886. The van der Waals surface area contributed by atoms with Gasteiger partial charge < -0.3 is 20.9 Å². The number of nitrogens with one attached hydrogen (secondary N) is 3. The fourth-order valence-corrected chi connectivity index (χ4v) is 10.9. The van der Waals surface area contributed by atoms with Gasteiger partial charge >= 0.3 is 0 Å². The van der Waals surface area contributed by atoms with E-state index in [9.17, 15) is 0 Å². The van der Waals surface area contributed by atoms with E-state index in [0.29, 0.717) is 0 Å². The molecule has 4 heteroatoms. The molecule has 0 atom stereocenters. The van der Waals surface area contributed by atoms with Gasteiger partial charge in [-0.1, -0.05) is 200 Å². The number of aryl methyl sites for hydroxylation is 3. The van der Waals surface area contributed by atoms with Crippen LogP contribution in [0.25, 0.3) is 65.7 Å². The number of nitrogens with zero attached hydrogens (tertiary/aromatic N) is 1. The molecule has 73 heavy (non-hydrogen) atoms. The van der Waals surface area contributed by atoms with Crippen molar-refractivity contribution in [2.75, 3.05) is 20.9 Å². The molecule has 12 aromatic rings. The number of hydrogen-bond donors (Lipinski definition) is 3. The van der Waals surface area contributed by atoms with Gasteiger partial charge in [-0.05, 0) is 141 Å². The molecule has 12 aromatic carbocycles. The minimum atomic E-state index is 0.886. The zero-order chi connectivity index (χ0) is 49.3. The molecule has 4 nitrogen and oxygen atoms in total. The molecule has 0 saturated carbocycles. The van der Waals surface area contributed by atoms with Crippen LogP contribution in [0.1, 0.15) is 16.7 Å². The Labute approximate surface area is 427 Å². The van der Waals surface area contributed by atoms with Crippen LogP contribution in [-0.2, 0) is 0 Å². The Kier molecular flexibility index (Phi) is 11.9. The monoisotopic (exact) mass is 938 g/mol. The van der Waals surface area contributed by atoms with Crippen molar-refractivity contribution in [2.45, 2.75) is 20.8 Å². The Morgan fingerprint density at radius 3 is 1.03 bits per heavy atom. The van der Waals surface area contributed by atoms with E-state index in [1.54, 1.807) is 0 Å². The first kappa shape index (κ1) is 44.8. The van der Waals surface area contributed by atoms with Crippen LogP contribution in [-0.4, -0.2) is 0 Å². The number of anilines is 9. The first-order chi connectivity index (χ1) is 36.0. The standard InChI is InChI=1S/C69H54N4/c1-46-22-16-41-60(65(46)57-38-19-28-49-25-10-13-35-54(49)57)70-63-44-45-64(73(52-31-6-4-7-32-52)53-33-8-5-9-34-53)69(72-62-43-18-24-48(3)67(62)59-40-21-30-51-27-12-15-37-56(51)59)68(63)71-61-42-17-23-47(2)66(61)58-39-20-29-50-26-11-14-36-55(50)58/h4-45,70-72H,1-3H3. The summed E-state index contributed by atoms with van der Waals surface area (Å²) < 4.78 is 0. The van der Waals surface area contributed by atoms with Crippen molar-refractivity contribution in [3.8, 4) is 33.4 Å². The summed E-state index contributed by atoms with van der Waals surface area (Å²) in [5.41, 5.74) is 19.2. The number of hydrogen-bond acceptors (Lipinski definition) is 4. The van der Waals surface area contributed by atoms with Crippen molar-refractivity contribution in [1.29, 1.82) is 0 Å². The fraction of sp³-hybridized carbons (Fsp3) is 0.0435. The van der Waals surface area contributed by atoms with Gasteiger partial charge in [-0.15, -0.1) is 0 Å². The van der Waals surface area contributed by atoms with Gasteiger partial charge in [-0.3, -0.25) is 0 Å². The highest BCUT2D eigenvalue weighted by Gasteiger charge is 2.25. The van der Waals surface area contributed by atoms with Crippen LogP contribution < -0.4 is 20.9 Å². The second-order valence-corrected chi connectivity index (χ2v) is 18.8. The van der Waals surface area contributed by atoms with Gasteiger partial charge in [0, 0.05) is 45.1 Å². The van der Waals surface area contributed by atoms with E-state index >= 15 is 0 Å². The topological polar surface area (TPSA) is 39.3 Å². The van der Waals surface area contributed by atoms with E-state index in [0.717, 1.165) is 67.9 Å². The van der Waals surface area contributed by atoms with E-state index in [1.807, 2.05) is 0 Å². The molecule has 0 aliphatic carbocycles. The summed E-state index contributed by atoms with van der Waals surface area (Å²) in [4.78, 5) is 2.36. The van der Waals surface area contributed by atoms with Crippen LogP contribution in [0, 0.1) is 20.8 Å². The van der Waals surface area contributed by atoms with Gasteiger partial charge in [0.05, 0.1) is 22.7 Å². The lowest BCUT2D eigenvalue weighted by atomic mass is 9.93. The first-order valence-corrected chi connectivity index (χ1v) is 25.1. The molecular weight excluding hydrogens is 885 g/mol. The molecule has 0 radical (unpaired) electrons. The van der Waals surface area contributed by atoms with Crippen LogP contribution in [0.3, 0.4) is 0 Å². The van der Waals surface area contributed by atoms with Crippen molar-refractivity contribution in [1.82, 2.24) is 0 Å². The summed E-state index contributed by atoms with van der Waals surface area (Å²) in [6.45, 7) is 6.65. The Morgan fingerprint density at radius 2 is 0.603 bits per heavy atom. The van der Waals surface area contributed by atoms with Crippen molar-refractivity contribution in [2.24, 2.45) is 0 Å². The lowest BCUT2D eigenvalue weighted by Crippen LogP contribution is -2.14. The fourth-order valence-electron chi connectivity index (χ4n) is 10.9. The van der Waals surface area contributed by atoms with E-state index in [4.69, 9.17) is 0 Å². The number of fused-ring (bicyclic) bond motifs is 3. The predicted octanol–water partition coefficient (Wildman–Crippen LogP) is 19.8. The highest BCUT2D eigenvalue weighted by molar-refractivity contribution is 6.08. The quantitative estimate of drug-likeness (QED) is 0.114. The lowest BCUT2D eigenvalue weighted by molar-refractivity contribution is 1.28. The van der Waals surface area contributed by atoms with E-state index in [1.165, 1.54) is 65.7 Å². The molecule has 0 amide bonds. The molecule has 0 heterocycles. The molecule has 0 unspecified atom stereocenters. The highest BCUT2D eigenvalue weighted by atomic mass is 15.2. The first-order valence-electron chi connectivity index (χ1n) is 25.1. The molecule has 3 N–H and O–H groups in total. The molecule has 0 bridgehead atoms. The molecule has 0 aliphatic rings. The van der Waals surface area contributed by atoms with Gasteiger partial charge in [0.25, 0.3) is 0 Å². The maximum Gasteiger partial charge on any atom is 0.0890 e. The molecule has 12 rings (SSSR count). The Morgan fingerprint density at radius 1 is 0.260 bits per heavy atom. The Bertz CT molecular complexity index is 3940. The summed E-state index contributed by atoms with van der Waals surface area (Å²) in [6.07, 6.45) is 0. The van der Waals surface area contributed by atoms with E-state index in [-0.39, 0.29) is 0 Å². The van der Waals surface area contributed by atoms with Crippen LogP contribution in [0.4, 0.5) is 51.2 Å². The van der Waals surface area contributed by atoms with Crippen molar-refractivity contribution < 1.29 is 0 Å². The smallest absolute Gasteiger partial charge is 0.0890 e. The van der Waals surface area contributed by atoms with Crippen molar-refractivity contribution in [3.63, 3.8) is 0 Å². The van der Waals surface area contributed by atoms with E-state index < -0.39 is 0 Å². The number of benzene rings is 12. The van der Waals surface area contributed by atoms with Crippen LogP contribution in [0.15, 0.2) is 255 Å². The second kappa shape index (κ2) is 19.4. The zero-order valence-corrected chi connectivity index (χ0v) is 41.2. The summed E-state index contributed by atoms with van der Waals surface area (Å²) in [7, 11) is 0. The lowest BCUT2D eigenvalue weighted by Gasteiger charge is -2.31. The maximum atomic E-state index is 4.22. The highest BCUT2D eigenvalue weighted by Crippen LogP contribution is 2.51. The zero-order valence-electron chi connectivity index (χ0n) is 41.2. The van der Waals surface area contributed by atoms with Gasteiger partial charge in [0.1, 0.15) is 0 Å². The van der Waals surface area contributed by atoms with Gasteiger partial charge in [-0.25, -0.2) is 0 Å².